The van der Waals surface area contributed by atoms with Gasteiger partial charge in [-0.3, -0.25) is 23.5 Å². The zero-order valence-corrected chi connectivity index (χ0v) is 18.6. The van der Waals surface area contributed by atoms with E-state index in [9.17, 15) is 41.4 Å². The van der Waals surface area contributed by atoms with Crippen LogP contribution in [0.15, 0.2) is 9.59 Å². The summed E-state index contributed by atoms with van der Waals surface area (Å²) in [6, 6.07) is 0. The van der Waals surface area contributed by atoms with Crippen molar-refractivity contribution in [3.8, 4) is 0 Å². The van der Waals surface area contributed by atoms with Crippen LogP contribution in [0.25, 0.3) is 10.2 Å². The summed E-state index contributed by atoms with van der Waals surface area (Å²) < 4.78 is 70.4. The highest BCUT2D eigenvalue weighted by atomic mass is 32.1. The number of aromatic nitrogens is 2. The molecular weight excluding hydrogens is 477 g/mol. The number of thiophene rings is 1. The third-order valence-electron chi connectivity index (χ3n) is 5.53. The van der Waals surface area contributed by atoms with Crippen molar-refractivity contribution in [1.82, 2.24) is 14.0 Å². The normalized spacial score (nSPS) is 16.7. The summed E-state index contributed by atoms with van der Waals surface area (Å²) in [5.41, 5.74) is -3.89. The van der Waals surface area contributed by atoms with Gasteiger partial charge in [0.25, 0.3) is 17.9 Å². The predicted molar refractivity (Wildman–Crippen MR) is 109 cm³/mol. The summed E-state index contributed by atoms with van der Waals surface area (Å²) >= 11 is 0.465. The fourth-order valence-electron chi connectivity index (χ4n) is 3.71. The molecule has 3 heterocycles. The number of amides is 1. The van der Waals surface area contributed by atoms with Crippen molar-refractivity contribution in [2.75, 3.05) is 19.7 Å². The average molecular weight is 499 g/mol. The van der Waals surface area contributed by atoms with Crippen LogP contribution in [-0.4, -0.2) is 56.7 Å². The molecule has 8 nitrogen and oxygen atoms in total. The molecule has 1 fully saturated rings. The van der Waals surface area contributed by atoms with Gasteiger partial charge in [0.2, 0.25) is 0 Å². The Kier molecular flexibility index (Phi) is 7.01. The second-order valence-corrected chi connectivity index (χ2v) is 8.89. The van der Waals surface area contributed by atoms with Crippen molar-refractivity contribution < 1.29 is 36.6 Å². The second kappa shape index (κ2) is 9.14. The Morgan fingerprint density at radius 3 is 2.33 bits per heavy atom. The highest BCUT2D eigenvalue weighted by Crippen LogP contribution is 2.37. The zero-order chi connectivity index (χ0) is 24.7. The van der Waals surface area contributed by atoms with Crippen LogP contribution in [0.3, 0.4) is 0 Å². The molecule has 184 valence electrons. The molecule has 1 amide bonds. The first-order valence-corrected chi connectivity index (χ1v) is 10.9. The number of ether oxygens (including phenoxy) is 1. The van der Waals surface area contributed by atoms with Crippen molar-refractivity contribution >= 4 is 27.5 Å². The predicted octanol–water partition coefficient (Wildman–Crippen LogP) is 2.71. The molecule has 0 radical (unpaired) electrons. The van der Waals surface area contributed by atoms with Crippen LogP contribution in [0.5, 0.6) is 0 Å². The molecule has 14 heteroatoms. The first-order chi connectivity index (χ1) is 15.3. The average Bonchev–Trinajstić information content (AvgIpc) is 3.10. The molecule has 0 atom stereocenters. The Balaban J connectivity index is 2.16. The van der Waals surface area contributed by atoms with E-state index in [4.69, 9.17) is 0 Å². The smallest absolute Gasteiger partial charge is 0.390 e. The van der Waals surface area contributed by atoms with Gasteiger partial charge in [-0.05, 0) is 26.7 Å². The van der Waals surface area contributed by atoms with Gasteiger partial charge in [-0.2, -0.15) is 0 Å². The number of alkyl halides is 5. The molecule has 3 rings (SSSR count). The Morgan fingerprint density at radius 1 is 1.21 bits per heavy atom. The van der Waals surface area contributed by atoms with Crippen molar-refractivity contribution in [2.24, 2.45) is 0 Å². The number of carbonyl (C=O) groups is 1. The van der Waals surface area contributed by atoms with E-state index in [-0.39, 0.29) is 37.3 Å². The maximum Gasteiger partial charge on any atom is 0.522 e. The van der Waals surface area contributed by atoms with Crippen LogP contribution >= 0.6 is 11.3 Å². The summed E-state index contributed by atoms with van der Waals surface area (Å²) in [5, 5.41) is 9.50. The maximum atomic E-state index is 14.1. The fraction of sp³-hybridized carbons (Fsp3) is 0.632. The van der Waals surface area contributed by atoms with Gasteiger partial charge in [0.1, 0.15) is 9.71 Å². The molecule has 33 heavy (non-hydrogen) atoms. The molecule has 0 saturated carbocycles. The highest BCUT2D eigenvalue weighted by molar-refractivity contribution is 7.20. The summed E-state index contributed by atoms with van der Waals surface area (Å²) in [4.78, 5) is 39.1. The quantitative estimate of drug-likeness (QED) is 0.617. The zero-order valence-electron chi connectivity index (χ0n) is 17.7. The molecule has 2 aromatic heterocycles. The summed E-state index contributed by atoms with van der Waals surface area (Å²) in [5.74, 6) is -0.796. The van der Waals surface area contributed by atoms with Gasteiger partial charge in [0.15, 0.2) is 0 Å². The molecule has 1 N–H and O–H groups in total. The number of nitrogens with zero attached hydrogens (tertiary/aromatic N) is 3. The lowest BCUT2D eigenvalue weighted by atomic mass is 9.93. The number of aliphatic hydroxyl groups is 1. The Bertz CT molecular complexity index is 1160. The third kappa shape index (κ3) is 5.11. The van der Waals surface area contributed by atoms with E-state index < -0.39 is 64.5 Å². The van der Waals surface area contributed by atoms with E-state index in [1.807, 2.05) is 0 Å². The maximum absolute atomic E-state index is 14.1. The molecule has 0 unspecified atom stereocenters. The molecule has 0 spiro atoms. The van der Waals surface area contributed by atoms with Crippen LogP contribution in [-0.2, 0) is 17.8 Å². The first kappa shape index (κ1) is 25.3. The topological polar surface area (TPSA) is 93.8 Å². The number of hydrogen-bond donors (Lipinski definition) is 1. The molecule has 1 saturated heterocycles. The summed E-state index contributed by atoms with van der Waals surface area (Å²) in [6.07, 6.45) is -7.78. The number of carbonyl (C=O) groups excluding carboxylic acids is 1. The highest BCUT2D eigenvalue weighted by Gasteiger charge is 2.35. The van der Waals surface area contributed by atoms with Crippen molar-refractivity contribution in [3.63, 3.8) is 0 Å². The Hall–Kier alpha value is -2.32. The van der Waals surface area contributed by atoms with Gasteiger partial charge in [0, 0.05) is 19.6 Å². The molecule has 0 aliphatic carbocycles. The lowest BCUT2D eigenvalue weighted by Crippen LogP contribution is -2.45. The minimum Gasteiger partial charge on any atom is -0.390 e. The van der Waals surface area contributed by atoms with Gasteiger partial charge in [-0.15, -0.1) is 24.5 Å². The molecule has 0 aromatic carbocycles. The van der Waals surface area contributed by atoms with Crippen molar-refractivity contribution in [3.05, 3.63) is 31.3 Å². The van der Waals surface area contributed by atoms with Crippen molar-refractivity contribution in [1.29, 1.82) is 0 Å². The lowest BCUT2D eigenvalue weighted by molar-refractivity contribution is -0.325. The summed E-state index contributed by atoms with van der Waals surface area (Å²) in [7, 11) is 0. The van der Waals surface area contributed by atoms with E-state index in [1.165, 1.54) is 11.8 Å². The van der Waals surface area contributed by atoms with E-state index in [0.29, 0.717) is 15.9 Å². The first-order valence-electron chi connectivity index (χ1n) is 10.1. The largest absolute Gasteiger partial charge is 0.522 e. The number of fused-ring (bicyclic) bond motifs is 1. The molecule has 1 aliphatic rings. The van der Waals surface area contributed by atoms with Gasteiger partial charge in [-0.25, -0.2) is 13.6 Å². The SMILES string of the molecule is CCn1c(=O)c2c(C(F)F)c(C(=O)N3CCC(C)(O)CC3)sc2n(CCOC(F)(F)F)c1=O. The number of rotatable bonds is 6. The van der Waals surface area contributed by atoms with Crippen LogP contribution in [0.1, 0.15) is 48.3 Å². The van der Waals surface area contributed by atoms with Gasteiger partial charge >= 0.3 is 12.1 Å². The van der Waals surface area contributed by atoms with Crippen LogP contribution < -0.4 is 11.2 Å². The minimum atomic E-state index is -4.97. The fourth-order valence-corrected chi connectivity index (χ4v) is 5.00. The van der Waals surface area contributed by atoms with E-state index in [2.05, 4.69) is 4.74 Å². The van der Waals surface area contributed by atoms with E-state index in [0.717, 1.165) is 4.57 Å². The van der Waals surface area contributed by atoms with Gasteiger partial charge < -0.3 is 10.0 Å². The van der Waals surface area contributed by atoms with Gasteiger partial charge in [-0.1, -0.05) is 0 Å². The minimum absolute atomic E-state index is 0.0914. The third-order valence-corrected chi connectivity index (χ3v) is 6.75. The number of piperidine rings is 1. The monoisotopic (exact) mass is 499 g/mol. The van der Waals surface area contributed by atoms with Crippen LogP contribution in [0.4, 0.5) is 22.0 Å². The molecular formula is C19H22F5N3O5S. The Morgan fingerprint density at radius 2 is 1.82 bits per heavy atom. The van der Waals surface area contributed by atoms with E-state index >= 15 is 0 Å². The standard InChI is InChI=1S/C19H22F5N3O5S/c1-3-26-14(28)11-10(13(20)21)12(15(29)25-6-4-18(2,31)5-7-25)33-16(11)27(17(26)30)8-9-32-19(22,23)24/h13,31H,3-9H2,1-2H3. The molecule has 2 aromatic rings. The number of likely N-dealkylation sites (tertiary alicyclic amines) is 1. The number of hydrogen-bond acceptors (Lipinski definition) is 6. The Labute approximate surface area is 187 Å². The van der Waals surface area contributed by atoms with E-state index in [1.54, 1.807) is 6.92 Å². The van der Waals surface area contributed by atoms with Crippen LogP contribution in [0, 0.1) is 0 Å². The van der Waals surface area contributed by atoms with Crippen LogP contribution in [0.2, 0.25) is 0 Å². The second-order valence-electron chi connectivity index (χ2n) is 7.89. The number of halogens is 5. The van der Waals surface area contributed by atoms with Crippen molar-refractivity contribution in [2.45, 2.75) is 58.2 Å². The lowest BCUT2D eigenvalue weighted by Gasteiger charge is -2.35. The summed E-state index contributed by atoms with van der Waals surface area (Å²) in [6.45, 7) is 1.31. The molecule has 1 aliphatic heterocycles. The molecule has 0 bridgehead atoms. The van der Waals surface area contributed by atoms with Gasteiger partial charge in [0.05, 0.1) is 29.7 Å².